The van der Waals surface area contributed by atoms with Crippen molar-refractivity contribution in [3.8, 4) is 6.07 Å². The third-order valence-corrected chi connectivity index (χ3v) is 2.44. The first-order chi connectivity index (χ1) is 8.19. The lowest BCUT2D eigenvalue weighted by molar-refractivity contribution is -0.141. The number of rotatable bonds is 6. The molecule has 1 unspecified atom stereocenters. The van der Waals surface area contributed by atoms with Gasteiger partial charge in [0.2, 0.25) is 0 Å². The fraction of sp³-hybridized carbons (Fsp3) is 0.417. The highest BCUT2D eigenvalue weighted by Crippen LogP contribution is 2.13. The Kier molecular flexibility index (Phi) is 4.95. The van der Waals surface area contributed by atoms with Crippen LogP contribution in [0.2, 0.25) is 0 Å². The highest BCUT2D eigenvalue weighted by Gasteiger charge is 2.16. The van der Waals surface area contributed by atoms with Crippen molar-refractivity contribution in [2.75, 3.05) is 11.9 Å². The zero-order valence-corrected chi connectivity index (χ0v) is 9.68. The van der Waals surface area contributed by atoms with E-state index in [-0.39, 0.29) is 5.69 Å². The zero-order chi connectivity index (χ0) is 12.7. The summed E-state index contributed by atoms with van der Waals surface area (Å²) in [7, 11) is 0. The third-order valence-electron chi connectivity index (χ3n) is 2.44. The van der Waals surface area contributed by atoms with Crippen LogP contribution in [-0.2, 0) is 4.79 Å². The molecule has 0 saturated carbocycles. The van der Waals surface area contributed by atoms with Crippen molar-refractivity contribution >= 4 is 11.7 Å². The molecule has 0 spiro atoms. The Morgan fingerprint density at radius 1 is 1.71 bits per heavy atom. The fourth-order valence-electron chi connectivity index (χ4n) is 1.53. The third kappa shape index (κ3) is 3.76. The van der Waals surface area contributed by atoms with Gasteiger partial charge in [-0.2, -0.15) is 5.26 Å². The molecule has 0 radical (unpaired) electrons. The SMILES string of the molecule is CCCC(CNc1cccnc1C#N)C(=O)O. The topological polar surface area (TPSA) is 86.0 Å². The highest BCUT2D eigenvalue weighted by atomic mass is 16.4. The number of anilines is 1. The molecule has 90 valence electrons. The molecule has 0 aromatic carbocycles. The van der Waals surface area contributed by atoms with Crippen molar-refractivity contribution < 1.29 is 9.90 Å². The zero-order valence-electron chi connectivity index (χ0n) is 9.68. The van der Waals surface area contributed by atoms with Gasteiger partial charge in [-0.05, 0) is 18.6 Å². The average Bonchev–Trinajstić information content (AvgIpc) is 2.34. The van der Waals surface area contributed by atoms with E-state index >= 15 is 0 Å². The number of aliphatic carboxylic acids is 1. The Balaban J connectivity index is 2.65. The molecule has 5 nitrogen and oxygen atoms in total. The highest BCUT2D eigenvalue weighted by molar-refractivity contribution is 5.71. The minimum atomic E-state index is -0.818. The molecular formula is C12H15N3O2. The van der Waals surface area contributed by atoms with Crippen LogP contribution in [-0.4, -0.2) is 22.6 Å². The van der Waals surface area contributed by atoms with Crippen LogP contribution in [0.5, 0.6) is 0 Å². The molecule has 5 heteroatoms. The van der Waals surface area contributed by atoms with Gasteiger partial charge in [0.05, 0.1) is 11.6 Å². The largest absolute Gasteiger partial charge is 0.481 e. The smallest absolute Gasteiger partial charge is 0.308 e. The van der Waals surface area contributed by atoms with E-state index in [1.54, 1.807) is 12.1 Å². The molecule has 1 aromatic heterocycles. The summed E-state index contributed by atoms with van der Waals surface area (Å²) < 4.78 is 0. The standard InChI is InChI=1S/C12H15N3O2/c1-2-4-9(12(16)17)8-15-10-5-3-6-14-11(10)7-13/h3,5-6,9,15H,2,4,8H2,1H3,(H,16,17). The number of pyridine rings is 1. The van der Waals surface area contributed by atoms with E-state index in [2.05, 4.69) is 10.3 Å². The lowest BCUT2D eigenvalue weighted by Gasteiger charge is -2.13. The monoisotopic (exact) mass is 233 g/mol. The van der Waals surface area contributed by atoms with Gasteiger partial charge in [0.15, 0.2) is 5.69 Å². The molecule has 17 heavy (non-hydrogen) atoms. The number of carboxylic acids is 1. The van der Waals surface area contributed by atoms with Crippen LogP contribution >= 0.6 is 0 Å². The van der Waals surface area contributed by atoms with E-state index < -0.39 is 11.9 Å². The molecule has 1 heterocycles. The van der Waals surface area contributed by atoms with Crippen molar-refractivity contribution in [1.82, 2.24) is 4.98 Å². The first-order valence-corrected chi connectivity index (χ1v) is 5.50. The van der Waals surface area contributed by atoms with Crippen LogP contribution in [0.15, 0.2) is 18.3 Å². The van der Waals surface area contributed by atoms with Crippen molar-refractivity contribution in [3.63, 3.8) is 0 Å². The molecule has 1 rings (SSSR count). The summed E-state index contributed by atoms with van der Waals surface area (Å²) in [5.41, 5.74) is 0.866. The maximum atomic E-state index is 10.9. The Bertz CT molecular complexity index is 426. The number of hydrogen-bond donors (Lipinski definition) is 2. The summed E-state index contributed by atoms with van der Waals surface area (Å²) in [6.45, 7) is 2.25. The summed E-state index contributed by atoms with van der Waals surface area (Å²) >= 11 is 0. The minimum absolute atomic E-state index is 0.285. The number of hydrogen-bond acceptors (Lipinski definition) is 4. The molecule has 0 bridgehead atoms. The summed E-state index contributed by atoms with van der Waals surface area (Å²) in [5.74, 6) is -1.26. The van der Waals surface area contributed by atoms with Gasteiger partial charge in [0.1, 0.15) is 6.07 Å². The summed E-state index contributed by atoms with van der Waals surface area (Å²) in [6, 6.07) is 5.39. The Hall–Kier alpha value is -2.09. The number of aromatic nitrogens is 1. The maximum Gasteiger partial charge on any atom is 0.308 e. The van der Waals surface area contributed by atoms with Crippen LogP contribution in [0, 0.1) is 17.2 Å². The van der Waals surface area contributed by atoms with Crippen molar-refractivity contribution in [3.05, 3.63) is 24.0 Å². The van der Waals surface area contributed by atoms with E-state index in [4.69, 9.17) is 10.4 Å². The normalized spacial score (nSPS) is 11.5. The molecule has 0 saturated heterocycles. The van der Waals surface area contributed by atoms with E-state index in [1.165, 1.54) is 6.20 Å². The number of nitrogens with one attached hydrogen (secondary N) is 1. The van der Waals surface area contributed by atoms with Gasteiger partial charge in [-0.15, -0.1) is 0 Å². The van der Waals surface area contributed by atoms with Gasteiger partial charge in [-0.25, -0.2) is 4.98 Å². The molecule has 1 atom stereocenters. The van der Waals surface area contributed by atoms with Gasteiger partial charge < -0.3 is 10.4 Å². The van der Waals surface area contributed by atoms with Crippen LogP contribution in [0.25, 0.3) is 0 Å². The van der Waals surface area contributed by atoms with E-state index in [1.807, 2.05) is 13.0 Å². The Labute approximate surface area is 100 Å². The second-order valence-electron chi connectivity index (χ2n) is 3.72. The second-order valence-corrected chi connectivity index (χ2v) is 3.72. The van der Waals surface area contributed by atoms with Crippen molar-refractivity contribution in [2.45, 2.75) is 19.8 Å². The van der Waals surface area contributed by atoms with Crippen molar-refractivity contribution in [2.24, 2.45) is 5.92 Å². The summed E-state index contributed by atoms with van der Waals surface area (Å²) in [5, 5.41) is 20.8. The van der Waals surface area contributed by atoms with E-state index in [9.17, 15) is 4.79 Å². The summed E-state index contributed by atoms with van der Waals surface area (Å²) in [4.78, 5) is 14.8. The predicted molar refractivity (Wildman–Crippen MR) is 63.5 cm³/mol. The average molecular weight is 233 g/mol. The van der Waals surface area contributed by atoms with E-state index in [0.717, 1.165) is 6.42 Å². The predicted octanol–water partition coefficient (Wildman–Crippen LogP) is 1.87. The molecule has 0 aliphatic rings. The number of carboxylic acid groups (broad SMARTS) is 1. The number of nitriles is 1. The summed E-state index contributed by atoms with van der Waals surface area (Å²) in [6.07, 6.45) is 2.96. The lowest BCUT2D eigenvalue weighted by Crippen LogP contribution is -2.23. The van der Waals surface area contributed by atoms with Gasteiger partial charge in [-0.3, -0.25) is 4.79 Å². The quantitative estimate of drug-likeness (QED) is 0.783. The second kappa shape index (κ2) is 6.48. The molecule has 1 aromatic rings. The first-order valence-electron chi connectivity index (χ1n) is 5.50. The molecule has 0 fully saturated rings. The minimum Gasteiger partial charge on any atom is -0.481 e. The van der Waals surface area contributed by atoms with Gasteiger partial charge in [0, 0.05) is 12.7 Å². The van der Waals surface area contributed by atoms with Crippen LogP contribution in [0.4, 0.5) is 5.69 Å². The van der Waals surface area contributed by atoms with Crippen LogP contribution in [0.1, 0.15) is 25.5 Å². The van der Waals surface area contributed by atoms with Gasteiger partial charge in [-0.1, -0.05) is 13.3 Å². The van der Waals surface area contributed by atoms with Crippen LogP contribution in [0.3, 0.4) is 0 Å². The molecular weight excluding hydrogens is 218 g/mol. The van der Waals surface area contributed by atoms with Crippen molar-refractivity contribution in [1.29, 1.82) is 5.26 Å². The molecule has 0 aliphatic heterocycles. The Morgan fingerprint density at radius 3 is 3.06 bits per heavy atom. The van der Waals surface area contributed by atoms with Gasteiger partial charge >= 0.3 is 5.97 Å². The van der Waals surface area contributed by atoms with Crippen LogP contribution < -0.4 is 5.32 Å². The Morgan fingerprint density at radius 2 is 2.47 bits per heavy atom. The maximum absolute atomic E-state index is 10.9. The van der Waals surface area contributed by atoms with Gasteiger partial charge in [0.25, 0.3) is 0 Å². The number of nitrogens with zero attached hydrogens (tertiary/aromatic N) is 2. The molecule has 0 amide bonds. The first kappa shape index (κ1) is 13.0. The van der Waals surface area contributed by atoms with E-state index in [0.29, 0.717) is 18.7 Å². The lowest BCUT2D eigenvalue weighted by atomic mass is 10.0. The molecule has 0 aliphatic carbocycles. The molecule has 2 N–H and O–H groups in total. The fourth-order valence-corrected chi connectivity index (χ4v) is 1.53. The number of carbonyl (C=O) groups is 1.